The number of halogens is 1. The molecule has 0 heterocycles. The Labute approximate surface area is 122 Å². The lowest BCUT2D eigenvalue weighted by Gasteiger charge is -1.96. The summed E-state index contributed by atoms with van der Waals surface area (Å²) in [4.78, 5) is 11.7. The molecule has 2 aromatic carbocycles. The van der Waals surface area contributed by atoms with E-state index in [0.29, 0.717) is 10.6 Å². The van der Waals surface area contributed by atoms with E-state index in [1.807, 2.05) is 12.1 Å². The number of para-hydroxylation sites is 1. The van der Waals surface area contributed by atoms with E-state index in [2.05, 4.69) is 0 Å². The molecule has 0 aliphatic heterocycles. The smallest absolute Gasteiger partial charge is 0.178 e. The first kappa shape index (κ1) is 14.1. The number of rotatable bonds is 4. The molecule has 1 N–H and O–H groups in total. The standard InChI is InChI=1S/C17H13ClO2/c18-15-9-5-13(6-10-15)7-11-16(19)12-8-14-3-1-2-4-17(14)20/h1-12,20H. The van der Waals surface area contributed by atoms with Crippen LogP contribution in [0.3, 0.4) is 0 Å². The number of phenolic OH excluding ortho intramolecular Hbond substituents is 1. The molecule has 100 valence electrons. The van der Waals surface area contributed by atoms with Gasteiger partial charge in [-0.3, -0.25) is 4.79 Å². The van der Waals surface area contributed by atoms with Crippen LogP contribution in [-0.4, -0.2) is 10.9 Å². The number of carbonyl (C=O) groups excluding carboxylic acids is 1. The molecule has 0 unspecified atom stereocenters. The first-order valence-electron chi connectivity index (χ1n) is 6.09. The van der Waals surface area contributed by atoms with Crippen molar-refractivity contribution < 1.29 is 9.90 Å². The fraction of sp³-hybridized carbons (Fsp3) is 0. The normalized spacial score (nSPS) is 11.2. The number of carbonyl (C=O) groups is 1. The van der Waals surface area contributed by atoms with Gasteiger partial charge in [-0.1, -0.05) is 48.0 Å². The van der Waals surface area contributed by atoms with Crippen LogP contribution in [0.1, 0.15) is 11.1 Å². The van der Waals surface area contributed by atoms with Crippen molar-refractivity contribution in [1.82, 2.24) is 0 Å². The van der Waals surface area contributed by atoms with Gasteiger partial charge < -0.3 is 5.11 Å². The lowest BCUT2D eigenvalue weighted by Crippen LogP contribution is -1.85. The zero-order valence-electron chi connectivity index (χ0n) is 10.7. The minimum atomic E-state index is -0.150. The molecule has 0 aliphatic carbocycles. The Bertz CT molecular complexity index is 655. The third-order valence-corrected chi connectivity index (χ3v) is 2.93. The van der Waals surface area contributed by atoms with Gasteiger partial charge in [-0.2, -0.15) is 0 Å². The summed E-state index contributed by atoms with van der Waals surface area (Å²) in [6, 6.07) is 14.0. The van der Waals surface area contributed by atoms with Crippen LogP contribution in [0.5, 0.6) is 5.75 Å². The van der Waals surface area contributed by atoms with Crippen molar-refractivity contribution in [3.05, 3.63) is 76.8 Å². The summed E-state index contributed by atoms with van der Waals surface area (Å²) in [6.45, 7) is 0. The van der Waals surface area contributed by atoms with Crippen molar-refractivity contribution in [2.75, 3.05) is 0 Å². The highest BCUT2D eigenvalue weighted by Gasteiger charge is 1.95. The van der Waals surface area contributed by atoms with Crippen molar-refractivity contribution in [1.29, 1.82) is 0 Å². The molecular formula is C17H13ClO2. The van der Waals surface area contributed by atoms with Crippen LogP contribution in [-0.2, 0) is 4.79 Å². The molecule has 0 atom stereocenters. The predicted molar refractivity (Wildman–Crippen MR) is 82.6 cm³/mol. The van der Waals surface area contributed by atoms with Crippen molar-refractivity contribution in [2.45, 2.75) is 0 Å². The lowest BCUT2D eigenvalue weighted by atomic mass is 10.1. The van der Waals surface area contributed by atoms with E-state index in [9.17, 15) is 9.90 Å². The minimum Gasteiger partial charge on any atom is -0.507 e. The highest BCUT2D eigenvalue weighted by atomic mass is 35.5. The Balaban J connectivity index is 2.02. The summed E-state index contributed by atoms with van der Waals surface area (Å²) >= 11 is 5.78. The summed E-state index contributed by atoms with van der Waals surface area (Å²) in [7, 11) is 0. The van der Waals surface area contributed by atoms with E-state index in [0.717, 1.165) is 5.56 Å². The van der Waals surface area contributed by atoms with Crippen LogP contribution in [0.25, 0.3) is 12.2 Å². The van der Waals surface area contributed by atoms with Crippen molar-refractivity contribution >= 4 is 29.5 Å². The number of phenols is 1. The van der Waals surface area contributed by atoms with Gasteiger partial charge in [0.15, 0.2) is 5.78 Å². The van der Waals surface area contributed by atoms with Crippen molar-refractivity contribution in [2.24, 2.45) is 0 Å². The Morgan fingerprint density at radius 1 is 0.950 bits per heavy atom. The van der Waals surface area contributed by atoms with Gasteiger partial charge in [0.2, 0.25) is 0 Å². The summed E-state index contributed by atoms with van der Waals surface area (Å²) in [6.07, 6.45) is 6.19. The van der Waals surface area contributed by atoms with Crippen molar-refractivity contribution in [3.63, 3.8) is 0 Å². The van der Waals surface area contributed by atoms with Gasteiger partial charge in [-0.15, -0.1) is 0 Å². The summed E-state index contributed by atoms with van der Waals surface area (Å²) in [5.41, 5.74) is 1.51. The number of ketones is 1. The molecule has 2 nitrogen and oxygen atoms in total. The van der Waals surface area contributed by atoms with Crippen LogP contribution in [0.2, 0.25) is 5.02 Å². The Hall–Kier alpha value is -2.32. The molecule has 20 heavy (non-hydrogen) atoms. The largest absolute Gasteiger partial charge is 0.507 e. The molecule has 0 spiro atoms. The molecular weight excluding hydrogens is 272 g/mol. The van der Waals surface area contributed by atoms with Gasteiger partial charge in [0.05, 0.1) is 0 Å². The molecule has 0 aromatic heterocycles. The van der Waals surface area contributed by atoms with E-state index < -0.39 is 0 Å². The highest BCUT2D eigenvalue weighted by Crippen LogP contribution is 2.17. The quantitative estimate of drug-likeness (QED) is 0.848. The highest BCUT2D eigenvalue weighted by molar-refractivity contribution is 6.30. The molecule has 0 aliphatic rings. The number of benzene rings is 2. The molecule has 2 aromatic rings. The first-order chi connectivity index (χ1) is 9.65. The zero-order chi connectivity index (χ0) is 14.4. The Kier molecular flexibility index (Phi) is 4.75. The van der Waals surface area contributed by atoms with E-state index in [1.54, 1.807) is 48.6 Å². The lowest BCUT2D eigenvalue weighted by molar-refractivity contribution is -0.110. The van der Waals surface area contributed by atoms with Gasteiger partial charge in [0.25, 0.3) is 0 Å². The van der Waals surface area contributed by atoms with Crippen molar-refractivity contribution in [3.8, 4) is 5.75 Å². The molecule has 0 bridgehead atoms. The molecule has 0 saturated carbocycles. The fourth-order valence-corrected chi connectivity index (χ4v) is 1.73. The molecule has 2 rings (SSSR count). The van der Waals surface area contributed by atoms with Gasteiger partial charge in [0, 0.05) is 10.6 Å². The molecule has 0 saturated heterocycles. The van der Waals surface area contributed by atoms with E-state index >= 15 is 0 Å². The van der Waals surface area contributed by atoms with Crippen LogP contribution in [0.4, 0.5) is 0 Å². The van der Waals surface area contributed by atoms with Crippen LogP contribution in [0, 0.1) is 0 Å². The zero-order valence-corrected chi connectivity index (χ0v) is 11.4. The third-order valence-electron chi connectivity index (χ3n) is 2.67. The number of aromatic hydroxyl groups is 1. The van der Waals surface area contributed by atoms with E-state index in [1.165, 1.54) is 12.2 Å². The SMILES string of the molecule is O=C(C=Cc1ccc(Cl)cc1)C=Cc1ccccc1O. The van der Waals surface area contributed by atoms with Crippen LogP contribution < -0.4 is 0 Å². The maximum Gasteiger partial charge on any atom is 0.178 e. The maximum atomic E-state index is 11.7. The first-order valence-corrected chi connectivity index (χ1v) is 6.46. The second-order valence-electron chi connectivity index (χ2n) is 4.18. The number of hydrogen-bond donors (Lipinski definition) is 1. The molecule has 0 fully saturated rings. The third kappa shape index (κ3) is 4.11. The predicted octanol–water partition coefficient (Wildman–Crippen LogP) is 4.34. The monoisotopic (exact) mass is 284 g/mol. The van der Waals surface area contributed by atoms with Crippen LogP contribution >= 0.6 is 11.6 Å². The van der Waals surface area contributed by atoms with Gasteiger partial charge in [-0.05, 0) is 42.0 Å². The summed E-state index contributed by atoms with van der Waals surface area (Å²) < 4.78 is 0. The topological polar surface area (TPSA) is 37.3 Å². The van der Waals surface area contributed by atoms with E-state index in [-0.39, 0.29) is 11.5 Å². The van der Waals surface area contributed by atoms with E-state index in [4.69, 9.17) is 11.6 Å². The second kappa shape index (κ2) is 6.73. The van der Waals surface area contributed by atoms with Gasteiger partial charge in [-0.25, -0.2) is 0 Å². The fourth-order valence-electron chi connectivity index (χ4n) is 1.61. The Morgan fingerprint density at radius 2 is 1.60 bits per heavy atom. The van der Waals surface area contributed by atoms with Crippen LogP contribution in [0.15, 0.2) is 60.7 Å². The number of allylic oxidation sites excluding steroid dienone is 2. The summed E-state index contributed by atoms with van der Waals surface area (Å²) in [5, 5.41) is 10.2. The Morgan fingerprint density at radius 3 is 2.30 bits per heavy atom. The van der Waals surface area contributed by atoms with Gasteiger partial charge in [0.1, 0.15) is 5.75 Å². The minimum absolute atomic E-state index is 0.150. The average Bonchev–Trinajstić information content (AvgIpc) is 2.46. The second-order valence-corrected chi connectivity index (χ2v) is 4.62. The maximum absolute atomic E-state index is 11.7. The summed E-state index contributed by atoms with van der Waals surface area (Å²) in [5.74, 6) is 0.00133. The van der Waals surface area contributed by atoms with Gasteiger partial charge >= 0.3 is 0 Å². The average molecular weight is 285 g/mol. The molecule has 0 radical (unpaired) electrons. The molecule has 3 heteroatoms. The number of hydrogen-bond acceptors (Lipinski definition) is 2. The molecule has 0 amide bonds.